The first-order valence-corrected chi connectivity index (χ1v) is 8.37. The zero-order valence-electron chi connectivity index (χ0n) is 14.0. The van der Waals surface area contributed by atoms with Crippen molar-refractivity contribution in [1.82, 2.24) is 9.55 Å². The number of aryl methyl sites for hydroxylation is 1. The van der Waals surface area contributed by atoms with Crippen LogP contribution in [0.1, 0.15) is 45.4 Å². The van der Waals surface area contributed by atoms with Gasteiger partial charge in [0.15, 0.2) is 0 Å². The van der Waals surface area contributed by atoms with Gasteiger partial charge in [-0.25, -0.2) is 4.98 Å². The molecule has 0 spiro atoms. The lowest BCUT2D eigenvalue weighted by atomic mass is 9.90. The van der Waals surface area contributed by atoms with Gasteiger partial charge in [-0.3, -0.25) is 4.99 Å². The highest BCUT2D eigenvalue weighted by Crippen LogP contribution is 2.27. The average molecular weight is 313 g/mol. The predicted molar refractivity (Wildman–Crippen MR) is 95.8 cm³/mol. The van der Waals surface area contributed by atoms with Crippen molar-refractivity contribution in [3.05, 3.63) is 54.4 Å². The Morgan fingerprint density at radius 1 is 1.43 bits per heavy atom. The number of aliphatic imine (C=N–C) groups is 1. The van der Waals surface area contributed by atoms with Crippen molar-refractivity contribution in [3.63, 3.8) is 0 Å². The number of rotatable bonds is 7. The van der Waals surface area contributed by atoms with Gasteiger partial charge in [0, 0.05) is 37.6 Å². The smallest absolute Gasteiger partial charge is 0.0978 e. The fraction of sp³-hybridized carbons (Fsp3) is 0.474. The number of hydrogen-bond acceptors (Lipinski definition) is 3. The summed E-state index contributed by atoms with van der Waals surface area (Å²) in [5.41, 5.74) is 3.45. The molecule has 1 aromatic rings. The minimum atomic E-state index is 0.367. The second-order valence-electron chi connectivity index (χ2n) is 6.11. The Bertz CT molecular complexity index is 594. The van der Waals surface area contributed by atoms with Gasteiger partial charge in [-0.1, -0.05) is 18.2 Å². The molecule has 0 unspecified atom stereocenters. The van der Waals surface area contributed by atoms with Gasteiger partial charge in [-0.15, -0.1) is 0 Å². The van der Waals surface area contributed by atoms with Gasteiger partial charge < -0.3 is 9.67 Å². The number of aliphatic hydroxyl groups is 1. The van der Waals surface area contributed by atoms with E-state index in [1.54, 1.807) is 12.3 Å². The van der Waals surface area contributed by atoms with Crippen LogP contribution < -0.4 is 0 Å². The Morgan fingerprint density at radius 2 is 2.26 bits per heavy atom. The van der Waals surface area contributed by atoms with E-state index < -0.39 is 0 Å². The van der Waals surface area contributed by atoms with Crippen LogP contribution in [-0.2, 0) is 6.54 Å². The lowest BCUT2D eigenvalue weighted by molar-refractivity contribution is 0.405. The van der Waals surface area contributed by atoms with Crippen LogP contribution in [-0.4, -0.2) is 26.9 Å². The van der Waals surface area contributed by atoms with Crippen LogP contribution >= 0.6 is 0 Å². The van der Waals surface area contributed by atoms with E-state index in [0.29, 0.717) is 12.2 Å². The molecule has 23 heavy (non-hydrogen) atoms. The normalized spacial score (nSPS) is 18.7. The molecule has 1 aromatic heterocycles. The lowest BCUT2D eigenvalue weighted by Gasteiger charge is -2.16. The number of aliphatic hydroxyl groups excluding tert-OH is 1. The molecule has 0 aromatic carbocycles. The second-order valence-corrected chi connectivity index (χ2v) is 6.11. The van der Waals surface area contributed by atoms with Crippen molar-refractivity contribution >= 4 is 5.71 Å². The Morgan fingerprint density at radius 3 is 3.00 bits per heavy atom. The van der Waals surface area contributed by atoms with E-state index in [0.717, 1.165) is 38.1 Å². The molecule has 1 aliphatic rings. The summed E-state index contributed by atoms with van der Waals surface area (Å²) in [6.45, 7) is 7.76. The summed E-state index contributed by atoms with van der Waals surface area (Å²) >= 11 is 0. The standard InChI is InChI=1S/C19H27N3O/c1-16-6-3-4-7-18(16)8-9-19(23)14-17(2)21-10-5-12-22-13-11-20-15-22/h8-9,11,13,15,23H,1,3-7,10,12,14H2,2H3/b18-8-,19-9+,21-17?. The number of hydrogen-bond donors (Lipinski definition) is 1. The minimum absolute atomic E-state index is 0.367. The van der Waals surface area contributed by atoms with E-state index in [-0.39, 0.29) is 0 Å². The van der Waals surface area contributed by atoms with Gasteiger partial charge in [0.2, 0.25) is 0 Å². The molecule has 0 radical (unpaired) electrons. The van der Waals surface area contributed by atoms with Gasteiger partial charge in [0.05, 0.1) is 12.1 Å². The molecular formula is C19H27N3O. The quantitative estimate of drug-likeness (QED) is 0.453. The van der Waals surface area contributed by atoms with E-state index in [9.17, 15) is 5.11 Å². The first-order valence-electron chi connectivity index (χ1n) is 8.37. The van der Waals surface area contributed by atoms with Crippen molar-refractivity contribution in [2.75, 3.05) is 6.54 Å². The van der Waals surface area contributed by atoms with Gasteiger partial charge in [-0.05, 0) is 50.7 Å². The van der Waals surface area contributed by atoms with Crippen LogP contribution in [0.2, 0.25) is 0 Å². The van der Waals surface area contributed by atoms with E-state index in [1.807, 2.05) is 30.1 Å². The van der Waals surface area contributed by atoms with Crippen molar-refractivity contribution in [2.45, 2.75) is 52.0 Å². The summed E-state index contributed by atoms with van der Waals surface area (Å²) in [6.07, 6.45) is 15.5. The van der Waals surface area contributed by atoms with Crippen molar-refractivity contribution in [1.29, 1.82) is 0 Å². The second kappa shape index (κ2) is 9.13. The molecular weight excluding hydrogens is 286 g/mol. The molecule has 1 heterocycles. The molecule has 0 aliphatic heterocycles. The molecule has 2 rings (SSSR count). The molecule has 0 saturated heterocycles. The van der Waals surface area contributed by atoms with Gasteiger partial charge in [-0.2, -0.15) is 0 Å². The zero-order chi connectivity index (χ0) is 16.5. The van der Waals surface area contributed by atoms with E-state index in [1.165, 1.54) is 24.0 Å². The fourth-order valence-electron chi connectivity index (χ4n) is 2.71. The van der Waals surface area contributed by atoms with Gasteiger partial charge in [0.25, 0.3) is 0 Å². The van der Waals surface area contributed by atoms with Crippen LogP contribution in [0.15, 0.2) is 59.3 Å². The number of imidazole rings is 1. The maximum absolute atomic E-state index is 10.0. The summed E-state index contributed by atoms with van der Waals surface area (Å²) < 4.78 is 2.05. The molecule has 1 fully saturated rings. The van der Waals surface area contributed by atoms with Gasteiger partial charge >= 0.3 is 0 Å². The van der Waals surface area contributed by atoms with Crippen LogP contribution in [0.3, 0.4) is 0 Å². The Hall–Kier alpha value is -2.10. The topological polar surface area (TPSA) is 50.4 Å². The Labute approximate surface area is 139 Å². The number of allylic oxidation sites excluding steroid dienone is 5. The maximum Gasteiger partial charge on any atom is 0.0978 e. The first kappa shape index (κ1) is 17.3. The summed E-state index contributed by atoms with van der Waals surface area (Å²) in [4.78, 5) is 8.53. The molecule has 4 nitrogen and oxygen atoms in total. The number of aromatic nitrogens is 2. The van der Waals surface area contributed by atoms with E-state index in [4.69, 9.17) is 0 Å². The van der Waals surface area contributed by atoms with Crippen LogP contribution in [0, 0.1) is 0 Å². The third kappa shape index (κ3) is 6.27. The molecule has 1 aliphatic carbocycles. The number of nitrogens with zero attached hydrogens (tertiary/aromatic N) is 3. The summed E-state index contributed by atoms with van der Waals surface area (Å²) in [5.74, 6) is 0.367. The highest BCUT2D eigenvalue weighted by atomic mass is 16.3. The third-order valence-corrected chi connectivity index (χ3v) is 4.06. The SMILES string of the molecule is C=C1CCCC/C1=C/C=C(/O)CC(C)=NCCCn1ccnc1. The van der Waals surface area contributed by atoms with Crippen LogP contribution in [0.5, 0.6) is 0 Å². The molecule has 4 heteroatoms. The van der Waals surface area contributed by atoms with Crippen LogP contribution in [0.25, 0.3) is 0 Å². The molecule has 0 bridgehead atoms. The third-order valence-electron chi connectivity index (χ3n) is 4.06. The predicted octanol–water partition coefficient (Wildman–Crippen LogP) is 4.62. The highest BCUT2D eigenvalue weighted by Gasteiger charge is 2.08. The summed E-state index contributed by atoms with van der Waals surface area (Å²) in [5, 5.41) is 10.0. The zero-order valence-corrected chi connectivity index (χ0v) is 14.0. The lowest BCUT2D eigenvalue weighted by Crippen LogP contribution is -2.00. The minimum Gasteiger partial charge on any atom is -0.512 e. The molecule has 1 N–H and O–H groups in total. The van der Waals surface area contributed by atoms with Crippen LogP contribution in [0.4, 0.5) is 0 Å². The average Bonchev–Trinajstić information content (AvgIpc) is 3.04. The van der Waals surface area contributed by atoms with Crippen molar-refractivity contribution in [2.24, 2.45) is 4.99 Å². The molecule has 0 amide bonds. The van der Waals surface area contributed by atoms with E-state index >= 15 is 0 Å². The largest absolute Gasteiger partial charge is 0.512 e. The van der Waals surface area contributed by atoms with Crippen molar-refractivity contribution < 1.29 is 5.11 Å². The summed E-state index contributed by atoms with van der Waals surface area (Å²) in [7, 11) is 0. The Kier molecular flexibility index (Phi) is 6.85. The fourth-order valence-corrected chi connectivity index (χ4v) is 2.71. The van der Waals surface area contributed by atoms with E-state index in [2.05, 4.69) is 16.6 Å². The molecule has 0 atom stereocenters. The molecule has 1 saturated carbocycles. The summed E-state index contributed by atoms with van der Waals surface area (Å²) in [6, 6.07) is 0. The Balaban J connectivity index is 1.75. The first-order chi connectivity index (χ1) is 11.1. The molecule has 124 valence electrons. The van der Waals surface area contributed by atoms with Gasteiger partial charge in [0.1, 0.15) is 0 Å². The maximum atomic E-state index is 10.0. The monoisotopic (exact) mass is 313 g/mol. The van der Waals surface area contributed by atoms with Crippen molar-refractivity contribution in [3.8, 4) is 0 Å². The highest BCUT2D eigenvalue weighted by molar-refractivity contribution is 5.83.